The summed E-state index contributed by atoms with van der Waals surface area (Å²) in [5.41, 5.74) is 8.57. The first-order valence-corrected chi connectivity index (χ1v) is 4.77. The van der Waals surface area contributed by atoms with Crippen molar-refractivity contribution >= 4 is 32.5 Å². The van der Waals surface area contributed by atoms with Crippen molar-refractivity contribution in [3.63, 3.8) is 0 Å². The first-order valence-electron chi connectivity index (χ1n) is 3.98. The Morgan fingerprint density at radius 1 is 1.46 bits per heavy atom. The lowest BCUT2D eigenvalue weighted by atomic mass is 10.2. The van der Waals surface area contributed by atoms with E-state index in [1.54, 1.807) is 0 Å². The molecule has 0 unspecified atom stereocenters. The lowest BCUT2D eigenvalue weighted by molar-refractivity contribution is 0.751. The van der Waals surface area contributed by atoms with Crippen LogP contribution < -0.4 is 5.73 Å². The highest BCUT2D eigenvalue weighted by Gasteiger charge is 2.06. The van der Waals surface area contributed by atoms with Crippen LogP contribution in [0.3, 0.4) is 0 Å². The van der Waals surface area contributed by atoms with E-state index in [9.17, 15) is 0 Å². The number of rotatable bonds is 0. The minimum Gasteiger partial charge on any atom is -0.398 e. The number of anilines is 1. The van der Waals surface area contributed by atoms with Gasteiger partial charge >= 0.3 is 0 Å². The SMILES string of the molecule is Cc1c2cc(Br)c(N)cc2nn1C. The zero-order valence-corrected chi connectivity index (χ0v) is 9.09. The molecule has 13 heavy (non-hydrogen) atoms. The van der Waals surface area contributed by atoms with E-state index in [1.807, 2.05) is 30.8 Å². The maximum Gasteiger partial charge on any atom is 0.0947 e. The Hall–Kier alpha value is -1.03. The Balaban J connectivity index is 2.89. The van der Waals surface area contributed by atoms with Gasteiger partial charge in [-0.25, -0.2) is 0 Å². The highest BCUT2D eigenvalue weighted by molar-refractivity contribution is 9.10. The summed E-state index contributed by atoms with van der Waals surface area (Å²) in [5, 5.41) is 5.47. The van der Waals surface area contributed by atoms with E-state index in [0.29, 0.717) is 0 Å². The molecule has 0 spiro atoms. The molecule has 0 saturated carbocycles. The van der Waals surface area contributed by atoms with Crippen LogP contribution in [0.4, 0.5) is 5.69 Å². The average molecular weight is 240 g/mol. The van der Waals surface area contributed by atoms with E-state index in [0.717, 1.165) is 26.8 Å². The zero-order chi connectivity index (χ0) is 9.59. The minimum atomic E-state index is 0.727. The third kappa shape index (κ3) is 1.21. The van der Waals surface area contributed by atoms with E-state index < -0.39 is 0 Å². The molecular weight excluding hydrogens is 230 g/mol. The van der Waals surface area contributed by atoms with Crippen molar-refractivity contribution < 1.29 is 0 Å². The predicted molar refractivity (Wildman–Crippen MR) is 57.6 cm³/mol. The number of nitrogens with zero attached hydrogens (tertiary/aromatic N) is 2. The molecule has 1 aromatic heterocycles. The third-order valence-electron chi connectivity index (χ3n) is 2.25. The Morgan fingerprint density at radius 3 is 2.85 bits per heavy atom. The maximum absolute atomic E-state index is 5.75. The van der Waals surface area contributed by atoms with Crippen LogP contribution in [-0.2, 0) is 7.05 Å². The van der Waals surface area contributed by atoms with Crippen LogP contribution in [-0.4, -0.2) is 9.78 Å². The van der Waals surface area contributed by atoms with Crippen LogP contribution in [0.15, 0.2) is 16.6 Å². The van der Waals surface area contributed by atoms with E-state index in [-0.39, 0.29) is 0 Å². The molecule has 68 valence electrons. The second-order valence-corrected chi connectivity index (χ2v) is 3.95. The van der Waals surface area contributed by atoms with Crippen LogP contribution in [0.2, 0.25) is 0 Å². The van der Waals surface area contributed by atoms with Crippen molar-refractivity contribution in [2.75, 3.05) is 5.73 Å². The standard InChI is InChI=1S/C9H10BrN3/c1-5-6-3-7(10)8(11)4-9(6)12-13(5)2/h3-4H,11H2,1-2H3. The molecule has 2 aromatic rings. The van der Waals surface area contributed by atoms with Gasteiger partial charge in [0.1, 0.15) is 0 Å². The molecule has 0 radical (unpaired) electrons. The van der Waals surface area contributed by atoms with Crippen LogP contribution in [0, 0.1) is 6.92 Å². The fourth-order valence-corrected chi connectivity index (χ4v) is 1.70. The molecule has 4 heteroatoms. The number of aryl methyl sites for hydroxylation is 2. The van der Waals surface area contributed by atoms with Gasteiger partial charge in [-0.15, -0.1) is 0 Å². The van der Waals surface area contributed by atoms with Gasteiger partial charge in [0.15, 0.2) is 0 Å². The van der Waals surface area contributed by atoms with Crippen molar-refractivity contribution in [2.45, 2.75) is 6.92 Å². The quantitative estimate of drug-likeness (QED) is 0.717. The molecular formula is C9H10BrN3. The first-order chi connectivity index (χ1) is 6.09. The monoisotopic (exact) mass is 239 g/mol. The highest BCUT2D eigenvalue weighted by Crippen LogP contribution is 2.27. The van der Waals surface area contributed by atoms with Gasteiger partial charge in [0.25, 0.3) is 0 Å². The Labute approximate surface area is 84.7 Å². The number of aromatic nitrogens is 2. The van der Waals surface area contributed by atoms with Crippen molar-refractivity contribution in [2.24, 2.45) is 7.05 Å². The number of nitrogen functional groups attached to an aromatic ring is 1. The molecule has 0 fully saturated rings. The molecule has 2 rings (SSSR count). The summed E-state index contributed by atoms with van der Waals surface area (Å²) < 4.78 is 2.78. The number of hydrogen-bond acceptors (Lipinski definition) is 2. The van der Waals surface area contributed by atoms with Gasteiger partial charge in [-0.3, -0.25) is 4.68 Å². The largest absolute Gasteiger partial charge is 0.398 e. The molecule has 2 N–H and O–H groups in total. The summed E-state index contributed by atoms with van der Waals surface area (Å²) in [6.45, 7) is 2.04. The van der Waals surface area contributed by atoms with E-state index in [1.165, 1.54) is 0 Å². The Morgan fingerprint density at radius 2 is 2.15 bits per heavy atom. The summed E-state index contributed by atoms with van der Waals surface area (Å²) in [6.07, 6.45) is 0. The molecule has 1 aromatic carbocycles. The third-order valence-corrected chi connectivity index (χ3v) is 2.93. The lowest BCUT2D eigenvalue weighted by Gasteiger charge is -1.97. The number of fused-ring (bicyclic) bond motifs is 1. The zero-order valence-electron chi connectivity index (χ0n) is 7.50. The second-order valence-electron chi connectivity index (χ2n) is 3.10. The summed E-state index contributed by atoms with van der Waals surface area (Å²) in [6, 6.07) is 3.89. The van der Waals surface area contributed by atoms with Gasteiger partial charge < -0.3 is 5.73 Å². The fourth-order valence-electron chi connectivity index (χ4n) is 1.36. The van der Waals surface area contributed by atoms with E-state index in [4.69, 9.17) is 5.73 Å². The highest BCUT2D eigenvalue weighted by atomic mass is 79.9. The Bertz CT molecular complexity index is 473. The molecule has 0 amide bonds. The normalized spacial score (nSPS) is 11.0. The number of halogens is 1. The molecule has 1 heterocycles. The molecule has 3 nitrogen and oxygen atoms in total. The van der Waals surface area contributed by atoms with Crippen molar-refractivity contribution in [1.82, 2.24) is 9.78 Å². The van der Waals surface area contributed by atoms with Crippen LogP contribution in [0.25, 0.3) is 10.9 Å². The van der Waals surface area contributed by atoms with Crippen LogP contribution >= 0.6 is 15.9 Å². The van der Waals surface area contributed by atoms with Gasteiger partial charge in [0.2, 0.25) is 0 Å². The smallest absolute Gasteiger partial charge is 0.0947 e. The summed E-state index contributed by atoms with van der Waals surface area (Å²) in [4.78, 5) is 0. The van der Waals surface area contributed by atoms with Crippen molar-refractivity contribution in [3.8, 4) is 0 Å². The van der Waals surface area contributed by atoms with Gasteiger partial charge in [-0.1, -0.05) is 0 Å². The van der Waals surface area contributed by atoms with Crippen molar-refractivity contribution in [1.29, 1.82) is 0 Å². The number of benzene rings is 1. The van der Waals surface area contributed by atoms with Crippen molar-refractivity contribution in [3.05, 3.63) is 22.3 Å². The predicted octanol–water partition coefficient (Wildman–Crippen LogP) is 2.23. The van der Waals surface area contributed by atoms with E-state index >= 15 is 0 Å². The molecule has 0 aliphatic heterocycles. The summed E-state index contributed by atoms with van der Waals surface area (Å²) in [7, 11) is 1.93. The van der Waals surface area contributed by atoms with Gasteiger partial charge in [-0.2, -0.15) is 5.10 Å². The maximum atomic E-state index is 5.75. The van der Waals surface area contributed by atoms with E-state index in [2.05, 4.69) is 21.0 Å². The molecule has 0 saturated heterocycles. The topological polar surface area (TPSA) is 43.8 Å². The average Bonchev–Trinajstić information content (AvgIpc) is 2.32. The Kier molecular flexibility index (Phi) is 1.80. The number of hydrogen-bond donors (Lipinski definition) is 1. The summed E-state index contributed by atoms with van der Waals surface area (Å²) in [5.74, 6) is 0. The molecule has 0 aliphatic rings. The van der Waals surface area contributed by atoms with Gasteiger partial charge in [-0.05, 0) is 35.0 Å². The van der Waals surface area contributed by atoms with Gasteiger partial charge in [0.05, 0.1) is 5.52 Å². The minimum absolute atomic E-state index is 0.727. The number of nitrogens with two attached hydrogens (primary N) is 1. The second kappa shape index (κ2) is 2.73. The summed E-state index contributed by atoms with van der Waals surface area (Å²) >= 11 is 3.40. The van der Waals surface area contributed by atoms with Crippen LogP contribution in [0.5, 0.6) is 0 Å². The van der Waals surface area contributed by atoms with Crippen LogP contribution in [0.1, 0.15) is 5.69 Å². The van der Waals surface area contributed by atoms with Gasteiger partial charge in [0, 0.05) is 28.3 Å². The first kappa shape index (κ1) is 8.56. The molecule has 0 aliphatic carbocycles. The lowest BCUT2D eigenvalue weighted by Crippen LogP contribution is -1.91. The molecule has 0 bridgehead atoms. The fraction of sp³-hybridized carbons (Fsp3) is 0.222. The molecule has 0 atom stereocenters.